The molecule has 0 atom stereocenters. The summed E-state index contributed by atoms with van der Waals surface area (Å²) in [7, 11) is 1.70. The Hall–Kier alpha value is -2.16. The van der Waals surface area contributed by atoms with Crippen molar-refractivity contribution in [1.29, 1.82) is 0 Å². The Morgan fingerprint density at radius 2 is 1.76 bits per heavy atom. The highest BCUT2D eigenvalue weighted by molar-refractivity contribution is 14.0. The van der Waals surface area contributed by atoms with Crippen LogP contribution in [0.15, 0.2) is 53.5 Å². The summed E-state index contributed by atoms with van der Waals surface area (Å²) in [6.07, 6.45) is 0.844. The monoisotopic (exact) mass is 510 g/mol. The van der Waals surface area contributed by atoms with Crippen molar-refractivity contribution in [2.75, 3.05) is 51.3 Å². The lowest BCUT2D eigenvalue weighted by atomic mass is 10.1. The molecule has 158 valence electrons. The molecule has 0 saturated carbocycles. The molecular weight excluding hydrogens is 479 g/mol. The number of nitrogens with zero attached hydrogens (tertiary/aromatic N) is 3. The Kier molecular flexibility index (Phi) is 9.37. The summed E-state index contributed by atoms with van der Waals surface area (Å²) >= 11 is 0. The second kappa shape index (κ2) is 11.7. The van der Waals surface area contributed by atoms with Crippen molar-refractivity contribution < 1.29 is 9.84 Å². The lowest BCUT2D eigenvalue weighted by Gasteiger charge is -2.37. The zero-order valence-electron chi connectivity index (χ0n) is 17.2. The van der Waals surface area contributed by atoms with Gasteiger partial charge in [0.2, 0.25) is 0 Å². The Morgan fingerprint density at radius 3 is 2.45 bits per heavy atom. The third-order valence-corrected chi connectivity index (χ3v) is 4.97. The van der Waals surface area contributed by atoms with E-state index in [1.807, 2.05) is 36.4 Å². The van der Waals surface area contributed by atoms with Gasteiger partial charge in [0.1, 0.15) is 11.5 Å². The average molecular weight is 510 g/mol. The highest BCUT2D eigenvalue weighted by Crippen LogP contribution is 2.27. The zero-order chi connectivity index (χ0) is 19.8. The van der Waals surface area contributed by atoms with Crippen LogP contribution in [0.1, 0.15) is 12.5 Å². The lowest BCUT2D eigenvalue weighted by Crippen LogP contribution is -2.52. The molecule has 0 aliphatic carbocycles. The van der Waals surface area contributed by atoms with E-state index in [-0.39, 0.29) is 24.0 Å². The number of phenolic OH excluding ortho intramolecular Hbond substituents is 1. The normalized spacial score (nSPS) is 14.3. The Labute approximate surface area is 190 Å². The van der Waals surface area contributed by atoms with Gasteiger partial charge in [-0.2, -0.15) is 0 Å². The summed E-state index contributed by atoms with van der Waals surface area (Å²) in [5, 5.41) is 13.5. The summed E-state index contributed by atoms with van der Waals surface area (Å²) < 4.78 is 5.43. The molecule has 7 heteroatoms. The highest BCUT2D eigenvalue weighted by Gasteiger charge is 2.21. The number of hydrogen-bond donors (Lipinski definition) is 2. The van der Waals surface area contributed by atoms with Crippen molar-refractivity contribution in [3.63, 3.8) is 0 Å². The number of ether oxygens (including phenoxy) is 1. The van der Waals surface area contributed by atoms with Crippen molar-refractivity contribution in [3.05, 3.63) is 54.1 Å². The van der Waals surface area contributed by atoms with Crippen molar-refractivity contribution in [2.24, 2.45) is 4.99 Å². The largest absolute Gasteiger partial charge is 0.506 e. The van der Waals surface area contributed by atoms with Gasteiger partial charge in [-0.15, -0.1) is 24.0 Å². The number of methoxy groups -OCH3 is 1. The van der Waals surface area contributed by atoms with Crippen LogP contribution in [0.2, 0.25) is 0 Å². The second-order valence-electron chi connectivity index (χ2n) is 6.76. The molecule has 2 aromatic rings. The summed E-state index contributed by atoms with van der Waals surface area (Å²) in [5.74, 6) is 2.21. The molecule has 29 heavy (non-hydrogen) atoms. The maximum Gasteiger partial charge on any atom is 0.194 e. The van der Waals surface area contributed by atoms with Crippen molar-refractivity contribution in [1.82, 2.24) is 10.2 Å². The highest BCUT2D eigenvalue weighted by atomic mass is 127. The number of rotatable bonds is 6. The number of benzene rings is 2. The van der Waals surface area contributed by atoms with Gasteiger partial charge in [0.25, 0.3) is 0 Å². The average Bonchev–Trinajstić information content (AvgIpc) is 2.74. The molecule has 1 fully saturated rings. The van der Waals surface area contributed by atoms with Gasteiger partial charge >= 0.3 is 0 Å². The number of nitrogens with one attached hydrogen (secondary N) is 1. The smallest absolute Gasteiger partial charge is 0.194 e. The minimum absolute atomic E-state index is 0. The maximum atomic E-state index is 10.1. The van der Waals surface area contributed by atoms with E-state index in [2.05, 4.69) is 28.1 Å². The topological polar surface area (TPSA) is 60.3 Å². The number of guanidine groups is 1. The van der Waals surface area contributed by atoms with E-state index in [4.69, 9.17) is 9.73 Å². The minimum Gasteiger partial charge on any atom is -0.506 e. The third-order valence-electron chi connectivity index (χ3n) is 4.97. The van der Waals surface area contributed by atoms with Gasteiger partial charge in [0.15, 0.2) is 5.96 Å². The van der Waals surface area contributed by atoms with Crippen LogP contribution in [0, 0.1) is 0 Å². The zero-order valence-corrected chi connectivity index (χ0v) is 19.5. The van der Waals surface area contributed by atoms with Crippen LogP contribution in [0.25, 0.3) is 0 Å². The summed E-state index contributed by atoms with van der Waals surface area (Å²) in [6, 6.07) is 15.6. The van der Waals surface area contributed by atoms with Gasteiger partial charge in [-0.1, -0.05) is 30.3 Å². The number of halogens is 1. The molecule has 0 unspecified atom stereocenters. The molecule has 1 heterocycles. The SMILES string of the molecule is CCNC(=NCCc1ccccc1OC)N1CCN(c2ccccc2O)CC1.I. The number of phenols is 1. The number of aromatic hydroxyl groups is 1. The predicted molar refractivity (Wildman–Crippen MR) is 130 cm³/mol. The molecule has 0 aromatic heterocycles. The predicted octanol–water partition coefficient (Wildman–Crippen LogP) is 3.35. The van der Waals surface area contributed by atoms with Crippen molar-refractivity contribution in [2.45, 2.75) is 13.3 Å². The van der Waals surface area contributed by atoms with Gasteiger partial charge in [-0.05, 0) is 37.1 Å². The first-order valence-electron chi connectivity index (χ1n) is 9.91. The molecule has 6 nitrogen and oxygen atoms in total. The quantitative estimate of drug-likeness (QED) is 0.355. The third kappa shape index (κ3) is 6.16. The van der Waals surface area contributed by atoms with Crippen LogP contribution < -0.4 is 15.0 Å². The number of hydrogen-bond acceptors (Lipinski definition) is 4. The Balaban J connectivity index is 0.00000300. The van der Waals surface area contributed by atoms with Crippen LogP contribution in [-0.4, -0.2) is 62.3 Å². The van der Waals surface area contributed by atoms with E-state index >= 15 is 0 Å². The fourth-order valence-corrected chi connectivity index (χ4v) is 3.51. The number of anilines is 1. The molecule has 3 rings (SSSR count). The fourth-order valence-electron chi connectivity index (χ4n) is 3.51. The molecule has 0 spiro atoms. The van der Waals surface area contributed by atoms with E-state index in [1.54, 1.807) is 13.2 Å². The number of piperazine rings is 1. The van der Waals surface area contributed by atoms with E-state index in [1.165, 1.54) is 5.56 Å². The molecular formula is C22H31IN4O2. The second-order valence-corrected chi connectivity index (χ2v) is 6.76. The first-order valence-corrected chi connectivity index (χ1v) is 9.91. The molecule has 1 aliphatic rings. The number of para-hydroxylation sites is 3. The van der Waals surface area contributed by atoms with Crippen molar-refractivity contribution in [3.8, 4) is 11.5 Å². The molecule has 0 bridgehead atoms. The standard InChI is InChI=1S/C22H30N4O2.HI/c1-3-23-22(24-13-12-18-8-4-7-11-21(18)28-2)26-16-14-25(15-17-26)19-9-5-6-10-20(19)27;/h4-11,27H,3,12-17H2,1-2H3,(H,23,24);1H. The van der Waals surface area contributed by atoms with Crippen LogP contribution >= 0.6 is 24.0 Å². The molecule has 2 N–H and O–H groups in total. The van der Waals surface area contributed by atoms with E-state index in [0.717, 1.165) is 56.5 Å². The van der Waals surface area contributed by atoms with Crippen LogP contribution in [-0.2, 0) is 6.42 Å². The summed E-state index contributed by atoms with van der Waals surface area (Å²) in [6.45, 7) is 7.09. The first kappa shape index (κ1) is 23.1. The van der Waals surface area contributed by atoms with Crippen LogP contribution in [0.5, 0.6) is 11.5 Å². The molecule has 0 amide bonds. The van der Waals surface area contributed by atoms with Crippen molar-refractivity contribution >= 4 is 35.6 Å². The number of aliphatic imine (C=N–C) groups is 1. The van der Waals surface area contributed by atoms with E-state index in [0.29, 0.717) is 12.3 Å². The van der Waals surface area contributed by atoms with Crippen LogP contribution in [0.3, 0.4) is 0 Å². The Morgan fingerprint density at radius 1 is 1.07 bits per heavy atom. The molecule has 2 aromatic carbocycles. The Bertz CT molecular complexity index is 792. The summed E-state index contributed by atoms with van der Waals surface area (Å²) in [4.78, 5) is 9.35. The maximum absolute atomic E-state index is 10.1. The lowest BCUT2D eigenvalue weighted by molar-refractivity contribution is 0.370. The van der Waals surface area contributed by atoms with Gasteiger partial charge in [0.05, 0.1) is 12.8 Å². The fraction of sp³-hybridized carbons (Fsp3) is 0.409. The molecule has 0 radical (unpaired) electrons. The van der Waals surface area contributed by atoms with E-state index < -0.39 is 0 Å². The summed E-state index contributed by atoms with van der Waals surface area (Å²) in [5.41, 5.74) is 2.08. The molecule has 1 aliphatic heterocycles. The van der Waals surface area contributed by atoms with Gasteiger partial charge < -0.3 is 25.0 Å². The van der Waals surface area contributed by atoms with Gasteiger partial charge in [0, 0.05) is 39.3 Å². The molecule has 1 saturated heterocycles. The first-order chi connectivity index (χ1) is 13.7. The van der Waals surface area contributed by atoms with Crippen LogP contribution in [0.4, 0.5) is 5.69 Å². The van der Waals surface area contributed by atoms with E-state index in [9.17, 15) is 5.11 Å². The van der Waals surface area contributed by atoms with Gasteiger partial charge in [-0.25, -0.2) is 0 Å². The minimum atomic E-state index is 0. The van der Waals surface area contributed by atoms with Gasteiger partial charge in [-0.3, -0.25) is 4.99 Å².